The number of hydrogen-bond acceptors (Lipinski definition) is 13. The minimum absolute atomic E-state index is 0.0110. The molecule has 0 saturated carbocycles. The first-order chi connectivity index (χ1) is 32.0. The number of thiazole rings is 1. The van der Waals surface area contributed by atoms with E-state index in [-0.39, 0.29) is 43.7 Å². The number of aliphatic hydroxyl groups excluding tert-OH is 1. The van der Waals surface area contributed by atoms with Gasteiger partial charge in [-0.15, -0.1) is 32.9 Å². The summed E-state index contributed by atoms with van der Waals surface area (Å²) in [6, 6.07) is 13.1. The summed E-state index contributed by atoms with van der Waals surface area (Å²) >= 11 is 11.0. The van der Waals surface area contributed by atoms with Crippen molar-refractivity contribution in [1.82, 2.24) is 40.6 Å². The standard InChI is InChI=1S/C48H58ClN9O6S3/c1-27-29(3)67-47-40(27)41(33-14-16-35(49)17-15-33)54-37(44-56-55-30(4)58(44)47)23-39(61)50-18-8-19-64-20-9-21-66-48(6,7)43(53-31(5)59)46(63)57-25-36(60)22-38(57)45(62)51-24-32-10-12-34(13-11-32)42-28(2)52-26-65-42/h10-17,26,36-38,43,60H,8-9,18-25H2,1-7H3,(H,50,61)(H,51,62)(H,53,59)/t36-,37+,38+,43+/m1/s1. The van der Waals surface area contributed by atoms with Gasteiger partial charge in [-0.25, -0.2) is 4.98 Å². The maximum atomic E-state index is 14.2. The van der Waals surface area contributed by atoms with Crippen LogP contribution in [0, 0.1) is 27.7 Å². The quantitative estimate of drug-likeness (QED) is 0.0638. The van der Waals surface area contributed by atoms with Gasteiger partial charge < -0.3 is 30.7 Å². The van der Waals surface area contributed by atoms with Gasteiger partial charge in [0.1, 0.15) is 29.0 Å². The summed E-state index contributed by atoms with van der Waals surface area (Å²) in [5.41, 5.74) is 8.55. The normalized spacial score (nSPS) is 17.3. The number of amides is 4. The average molecular weight is 989 g/mol. The molecule has 0 aliphatic carbocycles. The van der Waals surface area contributed by atoms with Gasteiger partial charge in [-0.05, 0) is 89.0 Å². The number of halogens is 1. The Bertz CT molecular complexity index is 2610. The number of fused-ring (bicyclic) bond motifs is 3. The molecule has 67 heavy (non-hydrogen) atoms. The lowest BCUT2D eigenvalue weighted by Crippen LogP contribution is -2.59. The summed E-state index contributed by atoms with van der Waals surface area (Å²) in [6.45, 7) is 14.8. The number of benzene rings is 2. The molecule has 5 heterocycles. The first kappa shape index (κ1) is 49.9. The van der Waals surface area contributed by atoms with Crippen LogP contribution in [0.4, 0.5) is 0 Å². The SMILES string of the molecule is CC(=O)N[C@@H](C(=O)N1C[C@H](O)C[C@H]1C(=O)NCc1ccc(-c2scnc2C)cc1)C(C)(C)SCCCOCCCNC(=O)C[C@@H]1N=C(c2ccc(Cl)cc2)c2c(sc(C)c2C)-n2c(C)nnc21. The van der Waals surface area contributed by atoms with Gasteiger partial charge in [-0.3, -0.25) is 28.7 Å². The average Bonchev–Trinajstić information content (AvgIpc) is 4.06. The number of carbonyl (C=O) groups excluding carboxylic acids is 4. The predicted octanol–water partition coefficient (Wildman–Crippen LogP) is 6.83. The van der Waals surface area contributed by atoms with E-state index < -0.39 is 34.9 Å². The molecule has 2 aromatic carbocycles. The largest absolute Gasteiger partial charge is 0.391 e. The fraction of sp³-hybridized carbons (Fsp3) is 0.458. The van der Waals surface area contributed by atoms with Crippen molar-refractivity contribution in [1.29, 1.82) is 0 Å². The molecule has 1 fully saturated rings. The second kappa shape index (κ2) is 22.0. The summed E-state index contributed by atoms with van der Waals surface area (Å²) in [5.74, 6) is 0.674. The fourth-order valence-corrected chi connectivity index (χ4v) is 11.6. The monoisotopic (exact) mass is 987 g/mol. The van der Waals surface area contributed by atoms with Crippen LogP contribution in [0.15, 0.2) is 59.0 Å². The Balaban J connectivity index is 0.862. The van der Waals surface area contributed by atoms with Gasteiger partial charge >= 0.3 is 0 Å². The molecule has 2 aliphatic rings. The number of aliphatic hydroxyl groups is 1. The summed E-state index contributed by atoms with van der Waals surface area (Å²) in [4.78, 5) is 66.7. The maximum Gasteiger partial charge on any atom is 0.247 e. The van der Waals surface area contributed by atoms with E-state index in [9.17, 15) is 24.3 Å². The van der Waals surface area contributed by atoms with Gasteiger partial charge in [-0.1, -0.05) is 48.0 Å². The number of hydrogen-bond donors (Lipinski definition) is 4. The highest BCUT2D eigenvalue weighted by Gasteiger charge is 2.46. The molecule has 7 rings (SSSR count). The minimum atomic E-state index is -0.947. The lowest BCUT2D eigenvalue weighted by atomic mass is 9.99. The van der Waals surface area contributed by atoms with E-state index in [1.165, 1.54) is 28.5 Å². The number of rotatable bonds is 19. The number of ether oxygens (including phenoxy) is 1. The van der Waals surface area contributed by atoms with Gasteiger partial charge in [0.2, 0.25) is 23.6 Å². The number of β-amino-alcohol motifs (C(OH)–C–C–N with tert-alkyl or cyclic N) is 1. The summed E-state index contributed by atoms with van der Waals surface area (Å²) in [7, 11) is 0. The molecule has 1 saturated heterocycles. The zero-order chi connectivity index (χ0) is 48.0. The maximum absolute atomic E-state index is 14.2. The highest BCUT2D eigenvalue weighted by Crippen LogP contribution is 2.40. The topological polar surface area (TPSA) is 193 Å². The predicted molar refractivity (Wildman–Crippen MR) is 265 cm³/mol. The number of aliphatic imine (C=N–C) groups is 1. The lowest BCUT2D eigenvalue weighted by Gasteiger charge is -2.37. The van der Waals surface area contributed by atoms with Crippen LogP contribution in [-0.2, 0) is 30.5 Å². The number of thioether (sulfide) groups is 1. The molecule has 19 heteroatoms. The highest BCUT2D eigenvalue weighted by molar-refractivity contribution is 8.00. The van der Waals surface area contributed by atoms with Crippen LogP contribution in [0.5, 0.6) is 0 Å². The van der Waals surface area contributed by atoms with Crippen molar-refractivity contribution in [3.05, 3.63) is 104 Å². The van der Waals surface area contributed by atoms with E-state index >= 15 is 0 Å². The van der Waals surface area contributed by atoms with Crippen LogP contribution in [-0.4, -0.2) is 114 Å². The Hall–Kier alpha value is -4.98. The third-order valence-corrected chi connectivity index (χ3v) is 15.9. The van der Waals surface area contributed by atoms with Crippen molar-refractivity contribution in [2.24, 2.45) is 4.99 Å². The molecule has 5 aromatic rings. The Morgan fingerprint density at radius 1 is 0.985 bits per heavy atom. The number of carbonyl (C=O) groups is 4. The molecule has 3 aromatic heterocycles. The highest BCUT2D eigenvalue weighted by atomic mass is 35.5. The lowest BCUT2D eigenvalue weighted by molar-refractivity contribution is -0.142. The molecule has 0 bridgehead atoms. The third kappa shape index (κ3) is 11.8. The van der Waals surface area contributed by atoms with Gasteiger partial charge in [0.05, 0.1) is 34.3 Å². The summed E-state index contributed by atoms with van der Waals surface area (Å²) in [6.07, 6.45) is 0.605. The second-order valence-electron chi connectivity index (χ2n) is 17.4. The van der Waals surface area contributed by atoms with Crippen LogP contribution in [0.1, 0.15) is 97.0 Å². The van der Waals surface area contributed by atoms with Crippen LogP contribution in [0.3, 0.4) is 0 Å². The Labute approximate surface area is 408 Å². The van der Waals surface area contributed by atoms with E-state index in [4.69, 9.17) is 21.3 Å². The van der Waals surface area contributed by atoms with Crippen LogP contribution in [0.2, 0.25) is 5.02 Å². The zero-order valence-corrected chi connectivity index (χ0v) is 42.1. The van der Waals surface area contributed by atoms with E-state index in [0.29, 0.717) is 49.2 Å². The van der Waals surface area contributed by atoms with Crippen LogP contribution < -0.4 is 16.0 Å². The van der Waals surface area contributed by atoms with Crippen molar-refractivity contribution < 1.29 is 29.0 Å². The first-order valence-corrected chi connectivity index (χ1v) is 25.5. The molecule has 0 spiro atoms. The number of nitrogens with zero attached hydrogens (tertiary/aromatic N) is 6. The molecule has 4 N–H and O–H groups in total. The van der Waals surface area contributed by atoms with Crippen molar-refractivity contribution in [2.75, 3.05) is 32.1 Å². The van der Waals surface area contributed by atoms with E-state index in [1.54, 1.807) is 22.7 Å². The van der Waals surface area contributed by atoms with E-state index in [2.05, 4.69) is 45.0 Å². The number of nitrogens with one attached hydrogen (secondary N) is 3. The number of aromatic nitrogens is 4. The minimum Gasteiger partial charge on any atom is -0.391 e. The van der Waals surface area contributed by atoms with Crippen LogP contribution >= 0.6 is 46.0 Å². The van der Waals surface area contributed by atoms with Crippen molar-refractivity contribution in [3.63, 3.8) is 0 Å². The molecule has 4 amide bonds. The molecular formula is C48H58ClN9O6S3. The first-order valence-electron chi connectivity index (χ1n) is 22.4. The van der Waals surface area contributed by atoms with Gasteiger partial charge in [0.25, 0.3) is 0 Å². The fourth-order valence-electron chi connectivity index (χ4n) is 8.33. The third-order valence-electron chi connectivity index (χ3n) is 12.0. The summed E-state index contributed by atoms with van der Waals surface area (Å²) in [5, 5.41) is 29.9. The molecule has 0 unspecified atom stereocenters. The number of thiophene rings is 1. The van der Waals surface area contributed by atoms with Gasteiger partial charge in [-0.2, -0.15) is 11.8 Å². The zero-order valence-electron chi connectivity index (χ0n) is 38.9. The van der Waals surface area contributed by atoms with Crippen molar-refractivity contribution in [3.8, 4) is 15.4 Å². The van der Waals surface area contributed by atoms with Crippen molar-refractivity contribution >= 4 is 75.4 Å². The molecule has 356 valence electrons. The van der Waals surface area contributed by atoms with E-state index in [1.807, 2.05) is 86.3 Å². The summed E-state index contributed by atoms with van der Waals surface area (Å²) < 4.78 is 7.19. The number of likely N-dealkylation sites (tertiary alicyclic amines) is 1. The van der Waals surface area contributed by atoms with Crippen LogP contribution in [0.25, 0.3) is 15.4 Å². The van der Waals surface area contributed by atoms with Gasteiger partial charge in [0.15, 0.2) is 5.82 Å². The van der Waals surface area contributed by atoms with Gasteiger partial charge in [0, 0.05) is 72.0 Å². The Kier molecular flexibility index (Phi) is 16.4. The molecule has 2 aliphatic heterocycles. The Morgan fingerprint density at radius 2 is 1.70 bits per heavy atom. The molecule has 15 nitrogen and oxygen atoms in total. The molecule has 0 radical (unpaired) electrons. The molecular weight excluding hydrogens is 930 g/mol. The van der Waals surface area contributed by atoms with E-state index in [0.717, 1.165) is 54.9 Å². The smallest absolute Gasteiger partial charge is 0.247 e. The molecule has 4 atom stereocenters. The second-order valence-corrected chi connectivity index (χ2v) is 21.7. The number of aryl methyl sites for hydroxylation is 3. The Morgan fingerprint density at radius 3 is 2.40 bits per heavy atom. The van der Waals surface area contributed by atoms with Crippen molar-refractivity contribution in [2.45, 2.75) is 110 Å².